The van der Waals surface area contributed by atoms with E-state index in [1.807, 2.05) is 0 Å². The molecule has 1 fully saturated rings. The van der Waals surface area contributed by atoms with Crippen molar-refractivity contribution in [3.63, 3.8) is 0 Å². The summed E-state index contributed by atoms with van der Waals surface area (Å²) in [4.78, 5) is 0. The minimum atomic E-state index is -0.169. The van der Waals surface area contributed by atoms with Crippen LogP contribution in [-0.4, -0.2) is 20.5 Å². The molecule has 0 heterocycles. The highest BCUT2D eigenvalue weighted by atomic mass is 16.7. The summed E-state index contributed by atoms with van der Waals surface area (Å²) in [5.41, 5.74) is 2.20. The van der Waals surface area contributed by atoms with Crippen LogP contribution in [0, 0.1) is 22.7 Å². The summed E-state index contributed by atoms with van der Waals surface area (Å²) < 4.78 is 11.0. The maximum absolute atomic E-state index is 5.50. The number of rotatable bonds is 3. The normalized spacial score (nSPS) is 37.9. The van der Waals surface area contributed by atoms with Gasteiger partial charge >= 0.3 is 0 Å². The molecule has 0 radical (unpaired) electrons. The second-order valence-electron chi connectivity index (χ2n) is 7.37. The highest BCUT2D eigenvalue weighted by molar-refractivity contribution is 5.21. The zero-order chi connectivity index (χ0) is 14.3. The minimum Gasteiger partial charge on any atom is -0.352 e. The lowest BCUT2D eigenvalue weighted by molar-refractivity contribution is -0.102. The lowest BCUT2D eigenvalue weighted by Crippen LogP contribution is -2.49. The SMILES string of the molecule is COC(OC)C1=CCC2C(C)(C)CCCC2(C)C1C. The molecule has 0 aromatic heterocycles. The van der Waals surface area contributed by atoms with Gasteiger partial charge in [0.2, 0.25) is 0 Å². The third-order valence-electron chi connectivity index (χ3n) is 6.05. The molecule has 0 spiro atoms. The summed E-state index contributed by atoms with van der Waals surface area (Å²) in [6, 6.07) is 0. The molecule has 19 heavy (non-hydrogen) atoms. The Bertz CT molecular complexity index is 354. The van der Waals surface area contributed by atoms with Crippen LogP contribution in [0.15, 0.2) is 11.6 Å². The Labute approximate surface area is 118 Å². The molecule has 0 bridgehead atoms. The van der Waals surface area contributed by atoms with E-state index >= 15 is 0 Å². The lowest BCUT2D eigenvalue weighted by atomic mass is 9.49. The molecule has 0 N–H and O–H groups in total. The second kappa shape index (κ2) is 5.21. The Morgan fingerprint density at radius 3 is 2.37 bits per heavy atom. The first-order valence-electron chi connectivity index (χ1n) is 7.62. The quantitative estimate of drug-likeness (QED) is 0.556. The highest BCUT2D eigenvalue weighted by Gasteiger charge is 2.51. The summed E-state index contributed by atoms with van der Waals surface area (Å²) in [5.74, 6) is 1.32. The maximum Gasteiger partial charge on any atom is 0.179 e. The van der Waals surface area contributed by atoms with Crippen molar-refractivity contribution in [2.75, 3.05) is 14.2 Å². The van der Waals surface area contributed by atoms with Gasteiger partial charge in [-0.15, -0.1) is 0 Å². The molecule has 0 amide bonds. The summed E-state index contributed by atoms with van der Waals surface area (Å²) in [6.45, 7) is 9.75. The van der Waals surface area contributed by atoms with E-state index < -0.39 is 0 Å². The molecular formula is C17H30O2. The van der Waals surface area contributed by atoms with Crippen molar-refractivity contribution in [1.82, 2.24) is 0 Å². The summed E-state index contributed by atoms with van der Waals surface area (Å²) in [5, 5.41) is 0. The van der Waals surface area contributed by atoms with Crippen molar-refractivity contribution in [1.29, 1.82) is 0 Å². The predicted molar refractivity (Wildman–Crippen MR) is 78.9 cm³/mol. The number of ether oxygens (including phenoxy) is 2. The Kier molecular flexibility index (Phi) is 4.13. The van der Waals surface area contributed by atoms with Crippen LogP contribution in [-0.2, 0) is 9.47 Å². The van der Waals surface area contributed by atoms with E-state index in [1.54, 1.807) is 14.2 Å². The van der Waals surface area contributed by atoms with Gasteiger partial charge in [0.15, 0.2) is 6.29 Å². The van der Waals surface area contributed by atoms with Crippen LogP contribution in [0.3, 0.4) is 0 Å². The third-order valence-corrected chi connectivity index (χ3v) is 6.05. The molecule has 3 unspecified atom stereocenters. The fourth-order valence-electron chi connectivity index (χ4n) is 4.75. The molecule has 2 heteroatoms. The van der Waals surface area contributed by atoms with Gasteiger partial charge in [-0.25, -0.2) is 0 Å². The number of fused-ring (bicyclic) bond motifs is 1. The van der Waals surface area contributed by atoms with Crippen molar-refractivity contribution in [3.8, 4) is 0 Å². The van der Waals surface area contributed by atoms with Crippen molar-refractivity contribution < 1.29 is 9.47 Å². The standard InChI is InChI=1S/C17H30O2/c1-12-13(15(18-5)19-6)8-9-14-16(2,3)10-7-11-17(12,14)4/h8,12,14-15H,7,9-11H2,1-6H3. The summed E-state index contributed by atoms with van der Waals surface area (Å²) in [6.07, 6.45) is 7.44. The molecule has 1 saturated carbocycles. The molecule has 3 atom stereocenters. The van der Waals surface area contributed by atoms with Gasteiger partial charge in [-0.1, -0.05) is 40.2 Å². The van der Waals surface area contributed by atoms with Gasteiger partial charge in [0.05, 0.1) is 0 Å². The molecule has 0 aromatic rings. The van der Waals surface area contributed by atoms with Crippen molar-refractivity contribution in [3.05, 3.63) is 11.6 Å². The van der Waals surface area contributed by atoms with Crippen LogP contribution in [0.4, 0.5) is 0 Å². The van der Waals surface area contributed by atoms with E-state index in [4.69, 9.17) is 9.47 Å². The first-order chi connectivity index (χ1) is 8.86. The number of methoxy groups -OCH3 is 2. The molecule has 0 saturated heterocycles. The molecule has 2 nitrogen and oxygen atoms in total. The zero-order valence-electron chi connectivity index (χ0n) is 13.5. The van der Waals surface area contributed by atoms with Gasteiger partial charge in [0.1, 0.15) is 0 Å². The average Bonchev–Trinajstić information content (AvgIpc) is 2.34. The van der Waals surface area contributed by atoms with E-state index in [1.165, 1.54) is 31.3 Å². The van der Waals surface area contributed by atoms with Crippen LogP contribution >= 0.6 is 0 Å². The van der Waals surface area contributed by atoms with Crippen molar-refractivity contribution >= 4 is 0 Å². The Morgan fingerprint density at radius 1 is 1.16 bits per heavy atom. The van der Waals surface area contributed by atoms with Gasteiger partial charge in [0, 0.05) is 14.2 Å². The molecule has 0 aliphatic heterocycles. The largest absolute Gasteiger partial charge is 0.352 e. The number of allylic oxidation sites excluding steroid dienone is 1. The minimum absolute atomic E-state index is 0.169. The van der Waals surface area contributed by atoms with Crippen LogP contribution in [0.1, 0.15) is 53.4 Å². The number of hydrogen-bond acceptors (Lipinski definition) is 2. The maximum atomic E-state index is 5.50. The third kappa shape index (κ3) is 2.38. The topological polar surface area (TPSA) is 18.5 Å². The van der Waals surface area contributed by atoms with E-state index in [9.17, 15) is 0 Å². The van der Waals surface area contributed by atoms with Crippen LogP contribution < -0.4 is 0 Å². The van der Waals surface area contributed by atoms with Gasteiger partial charge < -0.3 is 9.47 Å². The Morgan fingerprint density at radius 2 is 1.79 bits per heavy atom. The lowest BCUT2D eigenvalue weighted by Gasteiger charge is -2.56. The van der Waals surface area contributed by atoms with Crippen LogP contribution in [0.2, 0.25) is 0 Å². The van der Waals surface area contributed by atoms with Crippen molar-refractivity contribution in [2.24, 2.45) is 22.7 Å². The van der Waals surface area contributed by atoms with Gasteiger partial charge in [-0.05, 0) is 47.5 Å². The van der Waals surface area contributed by atoms with Gasteiger partial charge in [-0.2, -0.15) is 0 Å². The van der Waals surface area contributed by atoms with Crippen LogP contribution in [0.5, 0.6) is 0 Å². The van der Waals surface area contributed by atoms with E-state index in [0.717, 1.165) is 5.92 Å². The molecular weight excluding hydrogens is 236 g/mol. The van der Waals surface area contributed by atoms with E-state index in [-0.39, 0.29) is 6.29 Å². The summed E-state index contributed by atoms with van der Waals surface area (Å²) in [7, 11) is 3.47. The predicted octanol–water partition coefficient (Wildman–Crippen LogP) is 4.40. The van der Waals surface area contributed by atoms with Gasteiger partial charge in [-0.3, -0.25) is 0 Å². The summed E-state index contributed by atoms with van der Waals surface area (Å²) >= 11 is 0. The molecule has 2 aliphatic carbocycles. The molecule has 110 valence electrons. The Hall–Kier alpha value is -0.340. The fraction of sp³-hybridized carbons (Fsp3) is 0.882. The molecule has 2 rings (SSSR count). The van der Waals surface area contributed by atoms with E-state index in [2.05, 4.69) is 33.8 Å². The van der Waals surface area contributed by atoms with Gasteiger partial charge in [0.25, 0.3) is 0 Å². The molecule has 2 aliphatic rings. The molecule has 0 aromatic carbocycles. The zero-order valence-corrected chi connectivity index (χ0v) is 13.5. The van der Waals surface area contributed by atoms with Crippen LogP contribution in [0.25, 0.3) is 0 Å². The fourth-order valence-corrected chi connectivity index (χ4v) is 4.75. The number of hydrogen-bond donors (Lipinski definition) is 0. The first kappa shape index (κ1) is 15.1. The van der Waals surface area contributed by atoms with E-state index in [0.29, 0.717) is 16.7 Å². The highest BCUT2D eigenvalue weighted by Crippen LogP contribution is 2.59. The smallest absolute Gasteiger partial charge is 0.179 e. The monoisotopic (exact) mass is 266 g/mol. The second-order valence-corrected chi connectivity index (χ2v) is 7.37. The first-order valence-corrected chi connectivity index (χ1v) is 7.62. The average molecular weight is 266 g/mol. The Balaban J connectivity index is 2.33. The van der Waals surface area contributed by atoms with Crippen molar-refractivity contribution in [2.45, 2.75) is 59.7 Å².